The average molecular weight is 287 g/mol. The third kappa shape index (κ3) is 2.57. The normalized spacial score (nSPS) is 11.5. The number of aromatic nitrogens is 1. The summed E-state index contributed by atoms with van der Waals surface area (Å²) in [4.78, 5) is 11.4. The van der Waals surface area contributed by atoms with Crippen molar-refractivity contribution in [1.82, 2.24) is 4.57 Å². The topological polar surface area (TPSA) is 42.2 Å². The van der Waals surface area contributed by atoms with Crippen molar-refractivity contribution in [3.05, 3.63) is 34.5 Å². The molecule has 0 aliphatic heterocycles. The van der Waals surface area contributed by atoms with E-state index in [1.807, 2.05) is 12.1 Å². The summed E-state index contributed by atoms with van der Waals surface area (Å²) >= 11 is 0. The fraction of sp³-hybridized carbons (Fsp3) is 0.500. The van der Waals surface area contributed by atoms with Crippen LogP contribution in [0.3, 0.4) is 0 Å². The summed E-state index contributed by atoms with van der Waals surface area (Å²) in [6.45, 7) is 10.8. The van der Waals surface area contributed by atoms with Gasteiger partial charge in [-0.05, 0) is 56.9 Å². The van der Waals surface area contributed by atoms with E-state index in [4.69, 9.17) is 0 Å². The number of benzene rings is 1. The maximum absolute atomic E-state index is 11.4. The van der Waals surface area contributed by atoms with Gasteiger partial charge >= 0.3 is 5.97 Å². The maximum Gasteiger partial charge on any atom is 0.335 e. The van der Waals surface area contributed by atoms with Gasteiger partial charge in [0.05, 0.1) is 11.1 Å². The Morgan fingerprint density at radius 2 is 1.95 bits per heavy atom. The van der Waals surface area contributed by atoms with Crippen molar-refractivity contribution in [2.75, 3.05) is 0 Å². The smallest absolute Gasteiger partial charge is 0.335 e. The first-order valence-corrected chi connectivity index (χ1v) is 7.81. The van der Waals surface area contributed by atoms with E-state index >= 15 is 0 Å². The summed E-state index contributed by atoms with van der Waals surface area (Å²) in [5, 5.41) is 10.5. The van der Waals surface area contributed by atoms with Crippen LogP contribution in [-0.4, -0.2) is 15.6 Å². The van der Waals surface area contributed by atoms with Crippen molar-refractivity contribution in [2.24, 2.45) is 0 Å². The van der Waals surface area contributed by atoms with Gasteiger partial charge in [-0.25, -0.2) is 4.79 Å². The maximum atomic E-state index is 11.4. The fourth-order valence-electron chi connectivity index (χ4n) is 3.32. The average Bonchev–Trinajstić information content (AvgIpc) is 2.71. The second-order valence-electron chi connectivity index (χ2n) is 5.97. The zero-order valence-electron chi connectivity index (χ0n) is 13.7. The molecule has 0 amide bonds. The van der Waals surface area contributed by atoms with Gasteiger partial charge in [-0.2, -0.15) is 0 Å². The highest BCUT2D eigenvalue weighted by Crippen LogP contribution is 2.33. The monoisotopic (exact) mass is 287 g/mol. The van der Waals surface area contributed by atoms with Crippen LogP contribution in [0.1, 0.15) is 67.3 Å². The lowest BCUT2D eigenvalue weighted by Crippen LogP contribution is -2.05. The molecule has 21 heavy (non-hydrogen) atoms. The second-order valence-corrected chi connectivity index (χ2v) is 5.97. The lowest BCUT2D eigenvalue weighted by molar-refractivity contribution is 0.0697. The molecule has 1 heterocycles. The van der Waals surface area contributed by atoms with Gasteiger partial charge in [0.2, 0.25) is 0 Å². The Kier molecular flexibility index (Phi) is 4.40. The molecule has 0 radical (unpaired) electrons. The zero-order valence-corrected chi connectivity index (χ0v) is 13.7. The van der Waals surface area contributed by atoms with Crippen molar-refractivity contribution in [3.63, 3.8) is 0 Å². The van der Waals surface area contributed by atoms with Gasteiger partial charge in [-0.15, -0.1) is 0 Å². The van der Waals surface area contributed by atoms with Crippen molar-refractivity contribution in [3.8, 4) is 0 Å². The van der Waals surface area contributed by atoms with E-state index in [1.54, 1.807) is 0 Å². The van der Waals surface area contributed by atoms with Gasteiger partial charge in [-0.1, -0.05) is 20.3 Å². The first kappa shape index (κ1) is 15.6. The van der Waals surface area contributed by atoms with Gasteiger partial charge in [-0.3, -0.25) is 0 Å². The molecule has 0 bridgehead atoms. The number of aromatic carboxylic acids is 1. The molecule has 0 aliphatic carbocycles. The van der Waals surface area contributed by atoms with Gasteiger partial charge in [0.15, 0.2) is 0 Å². The molecule has 0 unspecified atom stereocenters. The number of carboxylic acid groups (broad SMARTS) is 1. The predicted molar refractivity (Wildman–Crippen MR) is 87.4 cm³/mol. The summed E-state index contributed by atoms with van der Waals surface area (Å²) in [7, 11) is 0. The minimum Gasteiger partial charge on any atom is -0.478 e. The first-order valence-electron chi connectivity index (χ1n) is 7.81. The summed E-state index contributed by atoms with van der Waals surface area (Å²) < 4.78 is 2.37. The molecule has 1 aromatic carbocycles. The van der Waals surface area contributed by atoms with Crippen molar-refractivity contribution >= 4 is 16.9 Å². The molecule has 2 aromatic rings. The first-order chi connectivity index (χ1) is 9.92. The van der Waals surface area contributed by atoms with Gasteiger partial charge in [0, 0.05) is 17.1 Å². The molecule has 0 saturated heterocycles. The molecule has 3 heteroatoms. The number of rotatable bonds is 5. The zero-order chi connectivity index (χ0) is 15.7. The van der Waals surface area contributed by atoms with Crippen LogP contribution in [0.4, 0.5) is 0 Å². The molecular formula is C18H25NO2. The van der Waals surface area contributed by atoms with Crippen LogP contribution in [0.2, 0.25) is 0 Å². The number of carbonyl (C=O) groups is 1. The highest BCUT2D eigenvalue weighted by molar-refractivity contribution is 5.97. The summed E-state index contributed by atoms with van der Waals surface area (Å²) in [6, 6.07) is 4.06. The van der Waals surface area contributed by atoms with Gasteiger partial charge < -0.3 is 9.67 Å². The Balaban J connectivity index is 2.92. The third-order valence-corrected chi connectivity index (χ3v) is 4.20. The van der Waals surface area contributed by atoms with E-state index in [0.29, 0.717) is 11.6 Å². The molecule has 0 aliphatic rings. The SMILES string of the molecule is CCCc1c(C)n(C(C)C)c2c(CC)cc(C(=O)O)cc12. The highest BCUT2D eigenvalue weighted by Gasteiger charge is 2.19. The molecule has 1 N–H and O–H groups in total. The lowest BCUT2D eigenvalue weighted by Gasteiger charge is -2.15. The molecule has 0 spiro atoms. The number of nitrogens with zero attached hydrogens (tertiary/aromatic N) is 1. The standard InChI is InChI=1S/C18H25NO2/c1-6-8-15-12(5)19(11(3)4)17-13(7-2)9-14(18(20)21)10-16(15)17/h9-11H,6-8H2,1-5H3,(H,20,21). The van der Waals surface area contributed by atoms with Crippen LogP contribution >= 0.6 is 0 Å². The summed E-state index contributed by atoms with van der Waals surface area (Å²) in [5.41, 5.74) is 5.33. The molecule has 3 nitrogen and oxygen atoms in total. The van der Waals surface area contributed by atoms with Crippen LogP contribution in [-0.2, 0) is 12.8 Å². The predicted octanol–water partition coefficient (Wildman–Crippen LogP) is 4.74. The summed E-state index contributed by atoms with van der Waals surface area (Å²) in [6.07, 6.45) is 2.91. The molecule has 0 saturated carbocycles. The Hall–Kier alpha value is -1.77. The van der Waals surface area contributed by atoms with Crippen LogP contribution in [0.15, 0.2) is 12.1 Å². The number of hydrogen-bond donors (Lipinski definition) is 1. The van der Waals surface area contributed by atoms with Crippen molar-refractivity contribution in [2.45, 2.75) is 59.9 Å². The minimum atomic E-state index is -0.844. The van der Waals surface area contributed by atoms with Crippen LogP contribution in [0, 0.1) is 6.92 Å². The van der Waals surface area contributed by atoms with E-state index < -0.39 is 5.97 Å². The highest BCUT2D eigenvalue weighted by atomic mass is 16.4. The van der Waals surface area contributed by atoms with Crippen LogP contribution in [0.25, 0.3) is 10.9 Å². The van der Waals surface area contributed by atoms with E-state index in [2.05, 4.69) is 39.2 Å². The molecular weight excluding hydrogens is 262 g/mol. The quantitative estimate of drug-likeness (QED) is 0.862. The van der Waals surface area contributed by atoms with Crippen LogP contribution < -0.4 is 0 Å². The van der Waals surface area contributed by atoms with Crippen LogP contribution in [0.5, 0.6) is 0 Å². The van der Waals surface area contributed by atoms with Crippen molar-refractivity contribution < 1.29 is 9.90 Å². The molecule has 2 rings (SSSR count). The Morgan fingerprint density at radius 3 is 2.43 bits per heavy atom. The second kappa shape index (κ2) is 5.92. The number of aryl methyl sites for hydroxylation is 2. The third-order valence-electron chi connectivity index (χ3n) is 4.20. The Morgan fingerprint density at radius 1 is 1.29 bits per heavy atom. The molecule has 1 aromatic heterocycles. The largest absolute Gasteiger partial charge is 0.478 e. The van der Waals surface area contributed by atoms with Crippen molar-refractivity contribution in [1.29, 1.82) is 0 Å². The fourth-order valence-corrected chi connectivity index (χ4v) is 3.32. The minimum absolute atomic E-state index is 0.374. The van der Waals surface area contributed by atoms with Gasteiger partial charge in [0.25, 0.3) is 0 Å². The van der Waals surface area contributed by atoms with E-state index in [-0.39, 0.29) is 0 Å². The van der Waals surface area contributed by atoms with Gasteiger partial charge in [0.1, 0.15) is 0 Å². The molecule has 0 atom stereocenters. The molecule has 0 fully saturated rings. The number of hydrogen-bond acceptors (Lipinski definition) is 1. The van der Waals surface area contributed by atoms with E-state index in [1.165, 1.54) is 16.8 Å². The Labute approximate surface area is 126 Å². The van der Waals surface area contributed by atoms with E-state index in [9.17, 15) is 9.90 Å². The lowest BCUT2D eigenvalue weighted by atomic mass is 10.00. The van der Waals surface area contributed by atoms with E-state index in [0.717, 1.165) is 30.2 Å². The Bertz CT molecular complexity index is 680. The number of carboxylic acids is 1. The summed E-state index contributed by atoms with van der Waals surface area (Å²) in [5.74, 6) is -0.844. The number of fused-ring (bicyclic) bond motifs is 1. The molecule has 114 valence electrons.